The van der Waals surface area contributed by atoms with E-state index in [0.29, 0.717) is 11.3 Å². The second-order valence-corrected chi connectivity index (χ2v) is 6.12. The van der Waals surface area contributed by atoms with Crippen LogP contribution >= 0.6 is 0 Å². The molecule has 2 heterocycles. The van der Waals surface area contributed by atoms with Crippen molar-refractivity contribution in [2.75, 3.05) is 20.3 Å². The Kier molecular flexibility index (Phi) is 6.06. The molecule has 0 aliphatic rings. The highest BCUT2D eigenvalue weighted by Crippen LogP contribution is 2.29. The van der Waals surface area contributed by atoms with Gasteiger partial charge in [-0.1, -0.05) is 12.1 Å². The molecule has 0 N–H and O–H groups in total. The molecule has 3 aromatic rings. The third-order valence-electron chi connectivity index (χ3n) is 4.27. The van der Waals surface area contributed by atoms with E-state index in [4.69, 9.17) is 14.2 Å². The molecule has 2 aromatic heterocycles. The summed E-state index contributed by atoms with van der Waals surface area (Å²) < 4.78 is 16.8. The zero-order chi connectivity index (χ0) is 21.0. The first-order chi connectivity index (χ1) is 14.0. The lowest BCUT2D eigenvalue weighted by Crippen LogP contribution is -2.20. The van der Waals surface area contributed by atoms with Crippen molar-refractivity contribution in [1.82, 2.24) is 19.8 Å². The highest BCUT2D eigenvalue weighted by molar-refractivity contribution is 5.91. The summed E-state index contributed by atoms with van der Waals surface area (Å²) in [4.78, 5) is 24.5. The number of hydrogen-bond donors (Lipinski definition) is 0. The number of benzene rings is 1. The van der Waals surface area contributed by atoms with Crippen LogP contribution in [0.1, 0.15) is 35.7 Å². The number of hydrogen-bond acceptors (Lipinski definition) is 8. The van der Waals surface area contributed by atoms with E-state index in [2.05, 4.69) is 15.3 Å². The van der Waals surface area contributed by atoms with Crippen LogP contribution in [0.2, 0.25) is 0 Å². The van der Waals surface area contributed by atoms with Crippen LogP contribution in [0.15, 0.2) is 24.3 Å². The minimum atomic E-state index is -0.666. The topological polar surface area (TPSA) is 105 Å². The molecular weight excluding hydrogens is 376 g/mol. The molecule has 0 atom stereocenters. The SMILES string of the molecule is CCOC(=O)Cc1c(C(=O)OCC)nnc2c(-c3ccc(OC)cc3)c(C)nn12. The van der Waals surface area contributed by atoms with Gasteiger partial charge in [0.25, 0.3) is 0 Å². The van der Waals surface area contributed by atoms with Crippen molar-refractivity contribution < 1.29 is 23.8 Å². The van der Waals surface area contributed by atoms with Crippen molar-refractivity contribution >= 4 is 17.6 Å². The molecular formula is C20H22N4O5. The second kappa shape index (κ2) is 8.68. The van der Waals surface area contributed by atoms with E-state index < -0.39 is 11.9 Å². The normalized spacial score (nSPS) is 10.8. The van der Waals surface area contributed by atoms with Gasteiger partial charge in [0, 0.05) is 0 Å². The average molecular weight is 398 g/mol. The van der Waals surface area contributed by atoms with Crippen LogP contribution in [0.3, 0.4) is 0 Å². The summed E-state index contributed by atoms with van der Waals surface area (Å²) in [5.74, 6) is -0.437. The van der Waals surface area contributed by atoms with E-state index in [9.17, 15) is 9.59 Å². The van der Waals surface area contributed by atoms with E-state index in [0.717, 1.165) is 16.9 Å². The Morgan fingerprint density at radius 1 is 1.03 bits per heavy atom. The van der Waals surface area contributed by atoms with Crippen LogP contribution in [0.4, 0.5) is 0 Å². The molecule has 0 aliphatic carbocycles. The van der Waals surface area contributed by atoms with E-state index in [1.807, 2.05) is 31.2 Å². The standard InChI is InChI=1S/C20H22N4O5/c1-5-28-16(25)11-15-18(20(26)29-6-2)21-22-19-17(12(3)23-24(15)19)13-7-9-14(27-4)10-8-13/h7-10H,5-6,11H2,1-4H3. The summed E-state index contributed by atoms with van der Waals surface area (Å²) in [6, 6.07) is 7.43. The van der Waals surface area contributed by atoms with Crippen molar-refractivity contribution in [1.29, 1.82) is 0 Å². The molecule has 0 radical (unpaired) electrons. The number of aromatic nitrogens is 4. The van der Waals surface area contributed by atoms with Gasteiger partial charge in [0.15, 0.2) is 11.3 Å². The number of carbonyl (C=O) groups is 2. The second-order valence-electron chi connectivity index (χ2n) is 6.12. The molecule has 0 saturated carbocycles. The first-order valence-corrected chi connectivity index (χ1v) is 9.22. The highest BCUT2D eigenvalue weighted by Gasteiger charge is 2.25. The fourth-order valence-corrected chi connectivity index (χ4v) is 3.01. The molecule has 0 spiro atoms. The number of ether oxygens (including phenoxy) is 3. The summed E-state index contributed by atoms with van der Waals surface area (Å²) in [7, 11) is 1.60. The maximum absolute atomic E-state index is 12.3. The monoisotopic (exact) mass is 398 g/mol. The summed E-state index contributed by atoms with van der Waals surface area (Å²) in [6.45, 7) is 5.63. The van der Waals surface area contributed by atoms with E-state index in [1.165, 1.54) is 4.52 Å². The van der Waals surface area contributed by atoms with Crippen molar-refractivity contribution in [3.8, 4) is 16.9 Å². The molecule has 0 unspecified atom stereocenters. The third kappa shape index (κ3) is 4.03. The van der Waals surface area contributed by atoms with Crippen molar-refractivity contribution in [3.05, 3.63) is 41.3 Å². The molecule has 0 bridgehead atoms. The fourth-order valence-electron chi connectivity index (χ4n) is 3.01. The first kappa shape index (κ1) is 20.2. The molecule has 9 heteroatoms. The summed E-state index contributed by atoms with van der Waals surface area (Å²) >= 11 is 0. The number of aryl methyl sites for hydroxylation is 1. The molecule has 3 rings (SSSR count). The zero-order valence-electron chi connectivity index (χ0n) is 16.8. The molecule has 0 fully saturated rings. The largest absolute Gasteiger partial charge is 0.497 e. The van der Waals surface area contributed by atoms with E-state index >= 15 is 0 Å². The Hall–Kier alpha value is -3.49. The number of nitrogens with zero attached hydrogens (tertiary/aromatic N) is 4. The van der Waals surface area contributed by atoms with Gasteiger partial charge in [-0.15, -0.1) is 10.2 Å². The summed E-state index contributed by atoms with van der Waals surface area (Å²) in [5.41, 5.74) is 2.93. The number of carbonyl (C=O) groups excluding carboxylic acids is 2. The zero-order valence-corrected chi connectivity index (χ0v) is 16.8. The van der Waals surface area contributed by atoms with Gasteiger partial charge in [-0.3, -0.25) is 4.79 Å². The third-order valence-corrected chi connectivity index (χ3v) is 4.27. The predicted octanol–water partition coefficient (Wildman–Crippen LogP) is 2.39. The van der Waals surface area contributed by atoms with Gasteiger partial charge in [0.1, 0.15) is 5.75 Å². The van der Waals surface area contributed by atoms with Crippen LogP contribution in [0.5, 0.6) is 5.75 Å². The minimum absolute atomic E-state index is 0.0591. The van der Waals surface area contributed by atoms with Crippen LogP contribution in [-0.4, -0.2) is 52.1 Å². The molecule has 0 aliphatic heterocycles. The Bertz CT molecular complexity index is 1040. The maximum Gasteiger partial charge on any atom is 0.360 e. The van der Waals surface area contributed by atoms with Gasteiger partial charge >= 0.3 is 11.9 Å². The van der Waals surface area contributed by atoms with Gasteiger partial charge in [-0.2, -0.15) is 5.10 Å². The number of methoxy groups -OCH3 is 1. The summed E-state index contributed by atoms with van der Waals surface area (Å²) in [5, 5.41) is 12.8. The molecule has 0 saturated heterocycles. The maximum atomic E-state index is 12.3. The van der Waals surface area contributed by atoms with Gasteiger partial charge in [-0.05, 0) is 38.5 Å². The van der Waals surface area contributed by atoms with E-state index in [1.54, 1.807) is 21.0 Å². The lowest BCUT2D eigenvalue weighted by molar-refractivity contribution is -0.142. The molecule has 29 heavy (non-hydrogen) atoms. The van der Waals surface area contributed by atoms with Crippen LogP contribution < -0.4 is 4.74 Å². The smallest absolute Gasteiger partial charge is 0.360 e. The first-order valence-electron chi connectivity index (χ1n) is 9.22. The van der Waals surface area contributed by atoms with Crippen molar-refractivity contribution in [2.24, 2.45) is 0 Å². The minimum Gasteiger partial charge on any atom is -0.497 e. The Morgan fingerprint density at radius 2 is 1.72 bits per heavy atom. The molecule has 1 aromatic carbocycles. The highest BCUT2D eigenvalue weighted by atomic mass is 16.5. The lowest BCUT2D eigenvalue weighted by Gasteiger charge is -2.09. The van der Waals surface area contributed by atoms with Crippen LogP contribution in [0.25, 0.3) is 16.8 Å². The van der Waals surface area contributed by atoms with Crippen molar-refractivity contribution in [3.63, 3.8) is 0 Å². The number of fused-ring (bicyclic) bond motifs is 1. The fraction of sp³-hybridized carbons (Fsp3) is 0.350. The van der Waals surface area contributed by atoms with Gasteiger partial charge in [0.2, 0.25) is 0 Å². The quantitative estimate of drug-likeness (QED) is 0.559. The summed E-state index contributed by atoms with van der Waals surface area (Å²) in [6.07, 6.45) is -0.183. The van der Waals surface area contributed by atoms with Gasteiger partial charge in [0.05, 0.1) is 43.7 Å². The Morgan fingerprint density at radius 3 is 2.34 bits per heavy atom. The average Bonchev–Trinajstić information content (AvgIpc) is 3.05. The number of esters is 2. The van der Waals surface area contributed by atoms with Crippen LogP contribution in [0, 0.1) is 6.92 Å². The van der Waals surface area contributed by atoms with Gasteiger partial charge < -0.3 is 14.2 Å². The van der Waals surface area contributed by atoms with E-state index in [-0.39, 0.29) is 31.0 Å². The van der Waals surface area contributed by atoms with Crippen molar-refractivity contribution in [2.45, 2.75) is 27.2 Å². The lowest BCUT2D eigenvalue weighted by atomic mass is 10.1. The number of rotatable bonds is 7. The predicted molar refractivity (Wildman–Crippen MR) is 104 cm³/mol. The van der Waals surface area contributed by atoms with Crippen LogP contribution in [-0.2, 0) is 20.7 Å². The molecule has 9 nitrogen and oxygen atoms in total. The molecule has 152 valence electrons. The Labute approximate surface area is 167 Å². The Balaban J connectivity index is 2.18. The van der Waals surface area contributed by atoms with Gasteiger partial charge in [-0.25, -0.2) is 9.31 Å². The molecule has 0 amide bonds.